The maximum Gasteiger partial charge on any atom is 0.273 e. The Bertz CT molecular complexity index is 557. The molecule has 0 aliphatic heterocycles. The molecule has 0 bridgehead atoms. The molecule has 1 aromatic rings. The zero-order valence-corrected chi connectivity index (χ0v) is 8.25. The minimum atomic E-state index is -1.60. The van der Waals surface area contributed by atoms with Crippen LogP contribution in [0.25, 0.3) is 0 Å². The van der Waals surface area contributed by atoms with Crippen LogP contribution in [0.5, 0.6) is 0 Å². The Balaban J connectivity index is 3.25. The molecule has 0 unspecified atom stereocenters. The molecule has 0 atom stereocenters. The van der Waals surface area contributed by atoms with Gasteiger partial charge in [0, 0.05) is 11.6 Å². The van der Waals surface area contributed by atoms with Gasteiger partial charge in [-0.05, 0) is 6.07 Å². The van der Waals surface area contributed by atoms with Crippen LogP contribution in [0, 0.1) is 44.5 Å². The predicted molar refractivity (Wildman–Crippen MR) is 52.1 cm³/mol. The van der Waals surface area contributed by atoms with Crippen molar-refractivity contribution >= 4 is 11.5 Å². The van der Waals surface area contributed by atoms with E-state index in [1.165, 1.54) is 12.1 Å². The summed E-state index contributed by atoms with van der Waals surface area (Å²) in [4.78, 5) is 21.1. The normalized spacial score (nSPS) is 9.41. The number of Topliss-reactive ketones (excluding diaryl/α,β-unsaturated/α-hetero) is 1. The van der Waals surface area contributed by atoms with Crippen molar-refractivity contribution < 1.29 is 14.1 Å². The van der Waals surface area contributed by atoms with Crippen LogP contribution in [-0.4, -0.2) is 10.7 Å². The summed E-state index contributed by atoms with van der Waals surface area (Å²) < 4.78 is 13.0. The summed E-state index contributed by atoms with van der Waals surface area (Å²) in [5.41, 5.74) is -0.979. The number of carbonyl (C=O) groups is 1. The van der Waals surface area contributed by atoms with Gasteiger partial charge in [-0.2, -0.15) is 10.5 Å². The van der Waals surface area contributed by atoms with Gasteiger partial charge in [-0.3, -0.25) is 14.9 Å². The predicted octanol–water partition coefficient (Wildman–Crippen LogP) is 1.58. The number of nitriles is 2. The summed E-state index contributed by atoms with van der Waals surface area (Å²) in [5, 5.41) is 27.4. The zero-order chi connectivity index (χ0) is 13.0. The Morgan fingerprint density at radius 3 is 2.41 bits per heavy atom. The topological polar surface area (TPSA) is 108 Å². The fourth-order valence-electron chi connectivity index (χ4n) is 1.13. The van der Waals surface area contributed by atoms with E-state index in [0.29, 0.717) is 6.07 Å². The van der Waals surface area contributed by atoms with Crippen molar-refractivity contribution in [1.82, 2.24) is 0 Å². The van der Waals surface area contributed by atoms with Crippen molar-refractivity contribution in [3.8, 4) is 12.1 Å². The molecule has 0 saturated carbocycles. The quantitative estimate of drug-likeness (QED) is 0.447. The Morgan fingerprint density at radius 1 is 1.35 bits per heavy atom. The van der Waals surface area contributed by atoms with Gasteiger partial charge in [0.1, 0.15) is 5.82 Å². The molecule has 0 aromatic heterocycles. The maximum atomic E-state index is 13.0. The first kappa shape index (κ1) is 12.3. The van der Waals surface area contributed by atoms with E-state index < -0.39 is 28.1 Å². The molecule has 0 radical (unpaired) electrons. The van der Waals surface area contributed by atoms with Gasteiger partial charge in [-0.15, -0.1) is 0 Å². The lowest BCUT2D eigenvalue weighted by Gasteiger charge is -2.00. The molecule has 0 heterocycles. The third-order valence-corrected chi connectivity index (χ3v) is 1.90. The molecule has 1 aromatic carbocycles. The SMILES string of the molecule is N#CC(C#N)C(=O)c1cc(F)cc([N+](=O)[O-])c1. The Hall–Kier alpha value is -2.80. The van der Waals surface area contributed by atoms with E-state index in [-0.39, 0.29) is 5.56 Å². The van der Waals surface area contributed by atoms with Crippen LogP contribution >= 0.6 is 0 Å². The van der Waals surface area contributed by atoms with E-state index in [4.69, 9.17) is 10.5 Å². The van der Waals surface area contributed by atoms with E-state index in [0.717, 1.165) is 12.1 Å². The van der Waals surface area contributed by atoms with Crippen molar-refractivity contribution in [2.45, 2.75) is 0 Å². The van der Waals surface area contributed by atoms with E-state index >= 15 is 0 Å². The monoisotopic (exact) mass is 233 g/mol. The molecule has 0 fully saturated rings. The molecule has 0 N–H and O–H groups in total. The third kappa shape index (κ3) is 2.61. The lowest BCUT2D eigenvalue weighted by molar-refractivity contribution is -0.385. The van der Waals surface area contributed by atoms with Gasteiger partial charge in [-0.1, -0.05) is 0 Å². The third-order valence-electron chi connectivity index (χ3n) is 1.90. The minimum absolute atomic E-state index is 0.371. The Kier molecular flexibility index (Phi) is 3.48. The number of halogens is 1. The average molecular weight is 233 g/mol. The van der Waals surface area contributed by atoms with Crippen LogP contribution in [0.4, 0.5) is 10.1 Å². The standard InChI is InChI=1S/C10H4FN3O3/c11-8-1-6(2-9(3-8)14(16)17)10(15)7(4-12)5-13/h1-3,7H. The summed E-state index contributed by atoms with van der Waals surface area (Å²) >= 11 is 0. The number of ketones is 1. The zero-order valence-electron chi connectivity index (χ0n) is 8.25. The minimum Gasteiger partial charge on any atom is -0.291 e. The average Bonchev–Trinajstić information content (AvgIpc) is 2.29. The lowest BCUT2D eigenvalue weighted by atomic mass is 10.00. The highest BCUT2D eigenvalue weighted by atomic mass is 19.1. The fourth-order valence-corrected chi connectivity index (χ4v) is 1.13. The number of hydrogen-bond donors (Lipinski definition) is 0. The Morgan fingerprint density at radius 2 is 1.94 bits per heavy atom. The first-order valence-electron chi connectivity index (χ1n) is 4.28. The number of nitrogens with zero attached hydrogens (tertiary/aromatic N) is 3. The van der Waals surface area contributed by atoms with Crippen LogP contribution in [0.1, 0.15) is 10.4 Å². The number of carbonyl (C=O) groups excluding carboxylic acids is 1. The molecule has 0 aliphatic rings. The molecule has 84 valence electrons. The highest BCUT2D eigenvalue weighted by Crippen LogP contribution is 2.18. The smallest absolute Gasteiger partial charge is 0.273 e. The van der Waals surface area contributed by atoms with Crippen molar-refractivity contribution in [3.63, 3.8) is 0 Å². The van der Waals surface area contributed by atoms with Crippen LogP contribution in [0.3, 0.4) is 0 Å². The van der Waals surface area contributed by atoms with Crippen LogP contribution < -0.4 is 0 Å². The maximum absolute atomic E-state index is 13.0. The molecule has 7 heteroatoms. The summed E-state index contributed by atoms with van der Waals surface area (Å²) in [7, 11) is 0. The largest absolute Gasteiger partial charge is 0.291 e. The number of nitro benzene ring substituents is 1. The van der Waals surface area contributed by atoms with Crippen molar-refractivity contribution in [1.29, 1.82) is 10.5 Å². The van der Waals surface area contributed by atoms with Gasteiger partial charge >= 0.3 is 0 Å². The summed E-state index contributed by atoms with van der Waals surface area (Å²) in [5.74, 6) is -3.54. The Labute approximate surface area is 94.7 Å². The van der Waals surface area contributed by atoms with Gasteiger partial charge in [0.15, 0.2) is 11.7 Å². The summed E-state index contributed by atoms with van der Waals surface area (Å²) in [6, 6.07) is 5.05. The number of nitro groups is 1. The van der Waals surface area contributed by atoms with Crippen LogP contribution in [0.2, 0.25) is 0 Å². The van der Waals surface area contributed by atoms with E-state index in [2.05, 4.69) is 0 Å². The molecule has 1 rings (SSSR count). The number of hydrogen-bond acceptors (Lipinski definition) is 5. The molecule has 0 saturated heterocycles. The van der Waals surface area contributed by atoms with Crippen molar-refractivity contribution in [2.24, 2.45) is 5.92 Å². The number of benzene rings is 1. The van der Waals surface area contributed by atoms with E-state index in [9.17, 15) is 19.3 Å². The molecular weight excluding hydrogens is 229 g/mol. The van der Waals surface area contributed by atoms with E-state index in [1.54, 1.807) is 0 Å². The molecular formula is C10H4FN3O3. The molecule has 0 amide bonds. The lowest BCUT2D eigenvalue weighted by Crippen LogP contribution is -2.11. The molecule has 6 nitrogen and oxygen atoms in total. The van der Waals surface area contributed by atoms with Gasteiger partial charge in [0.25, 0.3) is 5.69 Å². The van der Waals surface area contributed by atoms with Gasteiger partial charge in [0.2, 0.25) is 0 Å². The van der Waals surface area contributed by atoms with Gasteiger partial charge in [0.05, 0.1) is 23.1 Å². The van der Waals surface area contributed by atoms with Gasteiger partial charge < -0.3 is 0 Å². The van der Waals surface area contributed by atoms with Crippen molar-refractivity contribution in [3.05, 3.63) is 39.7 Å². The summed E-state index contributed by atoms with van der Waals surface area (Å²) in [6.45, 7) is 0. The van der Waals surface area contributed by atoms with Crippen LogP contribution in [0.15, 0.2) is 18.2 Å². The van der Waals surface area contributed by atoms with Crippen LogP contribution in [-0.2, 0) is 0 Å². The molecule has 0 aliphatic carbocycles. The van der Waals surface area contributed by atoms with E-state index in [1.807, 2.05) is 0 Å². The van der Waals surface area contributed by atoms with Crippen molar-refractivity contribution in [2.75, 3.05) is 0 Å². The molecule has 17 heavy (non-hydrogen) atoms. The van der Waals surface area contributed by atoms with Gasteiger partial charge in [-0.25, -0.2) is 4.39 Å². The number of non-ortho nitro benzene ring substituents is 1. The second-order valence-corrected chi connectivity index (χ2v) is 3.01. The highest BCUT2D eigenvalue weighted by Gasteiger charge is 2.22. The second-order valence-electron chi connectivity index (χ2n) is 3.01. The fraction of sp³-hybridized carbons (Fsp3) is 0.100. The molecule has 0 spiro atoms. The second kappa shape index (κ2) is 4.81. The summed E-state index contributed by atoms with van der Waals surface area (Å²) in [6.07, 6.45) is 0. The first-order chi connectivity index (χ1) is 7.99. The number of rotatable bonds is 3. The first-order valence-corrected chi connectivity index (χ1v) is 4.28. The highest BCUT2D eigenvalue weighted by molar-refractivity contribution is 6.01.